The Morgan fingerprint density at radius 3 is 2.42 bits per heavy atom. The molecular formula is C17H14O2. The lowest BCUT2D eigenvalue weighted by Crippen LogP contribution is -1.86. The summed E-state index contributed by atoms with van der Waals surface area (Å²) in [5.74, 6) is 0.672. The van der Waals surface area contributed by atoms with E-state index in [4.69, 9.17) is 4.74 Å². The van der Waals surface area contributed by atoms with Crippen molar-refractivity contribution < 1.29 is 9.84 Å². The van der Waals surface area contributed by atoms with Gasteiger partial charge in [-0.3, -0.25) is 0 Å². The predicted octanol–water partition coefficient (Wildman–Crippen LogP) is 4.22. The van der Waals surface area contributed by atoms with Crippen LogP contribution in [-0.4, -0.2) is 12.2 Å². The van der Waals surface area contributed by atoms with Crippen LogP contribution in [0, 0.1) is 0 Å². The molecule has 0 bridgehead atoms. The Bertz CT molecular complexity index is 732. The summed E-state index contributed by atoms with van der Waals surface area (Å²) in [6, 6.07) is 19.8. The van der Waals surface area contributed by atoms with Gasteiger partial charge in [-0.05, 0) is 28.5 Å². The first-order valence-electron chi connectivity index (χ1n) is 6.15. The zero-order valence-electron chi connectivity index (χ0n) is 10.6. The maximum atomic E-state index is 10.2. The Balaban J connectivity index is 2.19. The van der Waals surface area contributed by atoms with Crippen LogP contribution in [0.3, 0.4) is 0 Å². The second kappa shape index (κ2) is 4.65. The minimum atomic E-state index is 0.181. The SMILES string of the molecule is COc1cccc(-c2ccc3ccccc3c2)c1O. The van der Waals surface area contributed by atoms with E-state index >= 15 is 0 Å². The van der Waals surface area contributed by atoms with Crippen molar-refractivity contribution in [1.29, 1.82) is 0 Å². The molecule has 0 atom stereocenters. The number of ether oxygens (including phenoxy) is 1. The molecule has 0 saturated heterocycles. The number of methoxy groups -OCH3 is 1. The molecule has 0 radical (unpaired) electrons. The summed E-state index contributed by atoms with van der Waals surface area (Å²) >= 11 is 0. The Labute approximate surface area is 111 Å². The van der Waals surface area contributed by atoms with E-state index in [0.717, 1.165) is 16.5 Å². The van der Waals surface area contributed by atoms with Gasteiger partial charge in [0.1, 0.15) is 0 Å². The van der Waals surface area contributed by atoms with Crippen LogP contribution >= 0.6 is 0 Å². The van der Waals surface area contributed by atoms with Crippen molar-refractivity contribution in [3.05, 3.63) is 60.7 Å². The largest absolute Gasteiger partial charge is 0.504 e. The quantitative estimate of drug-likeness (QED) is 0.737. The minimum absolute atomic E-state index is 0.181. The molecule has 3 rings (SSSR count). The van der Waals surface area contributed by atoms with Gasteiger partial charge >= 0.3 is 0 Å². The first-order valence-corrected chi connectivity index (χ1v) is 6.15. The van der Waals surface area contributed by atoms with Crippen LogP contribution < -0.4 is 4.74 Å². The number of phenols is 1. The maximum absolute atomic E-state index is 10.2. The van der Waals surface area contributed by atoms with E-state index < -0.39 is 0 Å². The van der Waals surface area contributed by atoms with Gasteiger partial charge in [0, 0.05) is 5.56 Å². The zero-order chi connectivity index (χ0) is 13.2. The average Bonchev–Trinajstić information content (AvgIpc) is 2.47. The van der Waals surface area contributed by atoms with Gasteiger partial charge < -0.3 is 9.84 Å². The summed E-state index contributed by atoms with van der Waals surface area (Å²) in [4.78, 5) is 0. The highest BCUT2D eigenvalue weighted by Gasteiger charge is 2.09. The average molecular weight is 250 g/mol. The molecule has 2 heteroatoms. The van der Waals surface area contributed by atoms with Crippen LogP contribution in [-0.2, 0) is 0 Å². The Kier molecular flexibility index (Phi) is 2.84. The third kappa shape index (κ3) is 2.02. The Hall–Kier alpha value is -2.48. The van der Waals surface area contributed by atoms with Crippen molar-refractivity contribution in [2.45, 2.75) is 0 Å². The molecule has 0 aliphatic carbocycles. The number of benzene rings is 3. The third-order valence-corrected chi connectivity index (χ3v) is 3.28. The van der Waals surface area contributed by atoms with E-state index in [-0.39, 0.29) is 5.75 Å². The zero-order valence-corrected chi connectivity index (χ0v) is 10.6. The van der Waals surface area contributed by atoms with Crippen molar-refractivity contribution in [2.75, 3.05) is 7.11 Å². The highest BCUT2D eigenvalue weighted by atomic mass is 16.5. The molecular weight excluding hydrogens is 236 g/mol. The highest BCUT2D eigenvalue weighted by Crippen LogP contribution is 2.37. The van der Waals surface area contributed by atoms with E-state index in [1.165, 1.54) is 5.39 Å². The van der Waals surface area contributed by atoms with Gasteiger partial charge in [-0.2, -0.15) is 0 Å². The standard InChI is InChI=1S/C17H14O2/c1-19-16-8-4-7-15(17(16)18)14-10-9-12-5-2-3-6-13(12)11-14/h2-11,18H,1H3. The number of aromatic hydroxyl groups is 1. The summed E-state index contributed by atoms with van der Waals surface area (Å²) in [7, 11) is 1.55. The molecule has 0 spiro atoms. The van der Waals surface area contributed by atoms with E-state index in [0.29, 0.717) is 5.75 Å². The molecule has 0 aliphatic heterocycles. The number of para-hydroxylation sites is 1. The minimum Gasteiger partial charge on any atom is -0.504 e. The van der Waals surface area contributed by atoms with Gasteiger partial charge in [0.25, 0.3) is 0 Å². The summed E-state index contributed by atoms with van der Waals surface area (Å²) in [6.45, 7) is 0. The first kappa shape index (κ1) is 11.6. The lowest BCUT2D eigenvalue weighted by atomic mass is 10.0. The van der Waals surface area contributed by atoms with Crippen molar-refractivity contribution in [2.24, 2.45) is 0 Å². The van der Waals surface area contributed by atoms with E-state index in [2.05, 4.69) is 24.3 Å². The number of fused-ring (bicyclic) bond motifs is 1. The van der Waals surface area contributed by atoms with E-state index in [9.17, 15) is 5.11 Å². The van der Waals surface area contributed by atoms with E-state index in [1.807, 2.05) is 30.3 Å². The molecule has 2 nitrogen and oxygen atoms in total. The second-order valence-electron chi connectivity index (χ2n) is 4.42. The predicted molar refractivity (Wildman–Crippen MR) is 77.6 cm³/mol. The maximum Gasteiger partial charge on any atom is 0.165 e. The number of hydrogen-bond acceptors (Lipinski definition) is 2. The smallest absolute Gasteiger partial charge is 0.165 e. The van der Waals surface area contributed by atoms with Gasteiger partial charge in [0.15, 0.2) is 11.5 Å². The van der Waals surface area contributed by atoms with Gasteiger partial charge in [0.2, 0.25) is 0 Å². The molecule has 94 valence electrons. The van der Waals surface area contributed by atoms with Gasteiger partial charge in [0.05, 0.1) is 7.11 Å². The summed E-state index contributed by atoms with van der Waals surface area (Å²) < 4.78 is 5.14. The van der Waals surface area contributed by atoms with Crippen LogP contribution in [0.25, 0.3) is 21.9 Å². The van der Waals surface area contributed by atoms with Gasteiger partial charge in [-0.15, -0.1) is 0 Å². The summed E-state index contributed by atoms with van der Waals surface area (Å²) in [5, 5.41) is 12.5. The Morgan fingerprint density at radius 1 is 0.842 bits per heavy atom. The molecule has 19 heavy (non-hydrogen) atoms. The lowest BCUT2D eigenvalue weighted by molar-refractivity contribution is 0.374. The van der Waals surface area contributed by atoms with Crippen LogP contribution in [0.2, 0.25) is 0 Å². The van der Waals surface area contributed by atoms with Gasteiger partial charge in [-0.1, -0.05) is 48.5 Å². The monoisotopic (exact) mass is 250 g/mol. The fourth-order valence-electron chi connectivity index (χ4n) is 2.28. The molecule has 0 unspecified atom stereocenters. The van der Waals surface area contributed by atoms with Crippen molar-refractivity contribution in [1.82, 2.24) is 0 Å². The fraction of sp³-hybridized carbons (Fsp3) is 0.0588. The molecule has 3 aromatic carbocycles. The molecule has 1 N–H and O–H groups in total. The first-order chi connectivity index (χ1) is 9.29. The molecule has 0 heterocycles. The number of phenolic OH excluding ortho intramolecular Hbond substituents is 1. The molecule has 0 saturated carbocycles. The van der Waals surface area contributed by atoms with Crippen LogP contribution in [0.1, 0.15) is 0 Å². The Morgan fingerprint density at radius 2 is 1.63 bits per heavy atom. The normalized spacial score (nSPS) is 10.6. The van der Waals surface area contributed by atoms with Gasteiger partial charge in [-0.25, -0.2) is 0 Å². The summed E-state index contributed by atoms with van der Waals surface area (Å²) in [6.07, 6.45) is 0. The van der Waals surface area contributed by atoms with Crippen LogP contribution in [0.15, 0.2) is 60.7 Å². The molecule has 0 aliphatic rings. The van der Waals surface area contributed by atoms with E-state index in [1.54, 1.807) is 13.2 Å². The highest BCUT2D eigenvalue weighted by molar-refractivity contribution is 5.88. The number of rotatable bonds is 2. The third-order valence-electron chi connectivity index (χ3n) is 3.28. The number of hydrogen-bond donors (Lipinski definition) is 1. The molecule has 0 amide bonds. The van der Waals surface area contributed by atoms with Crippen LogP contribution in [0.5, 0.6) is 11.5 Å². The second-order valence-corrected chi connectivity index (χ2v) is 4.42. The fourth-order valence-corrected chi connectivity index (χ4v) is 2.28. The topological polar surface area (TPSA) is 29.5 Å². The van der Waals surface area contributed by atoms with Crippen molar-refractivity contribution in [3.8, 4) is 22.6 Å². The lowest BCUT2D eigenvalue weighted by Gasteiger charge is -2.09. The van der Waals surface area contributed by atoms with Crippen molar-refractivity contribution >= 4 is 10.8 Å². The molecule has 0 aromatic heterocycles. The van der Waals surface area contributed by atoms with Crippen molar-refractivity contribution in [3.63, 3.8) is 0 Å². The molecule has 0 fully saturated rings. The van der Waals surface area contributed by atoms with Crippen LogP contribution in [0.4, 0.5) is 0 Å². The molecule has 3 aromatic rings. The summed E-state index contributed by atoms with van der Waals surface area (Å²) in [5.41, 5.74) is 1.76.